The largest absolute Gasteiger partial charge is 0.477 e. The first-order valence-electron chi connectivity index (χ1n) is 5.89. The molecule has 0 aliphatic carbocycles. The van der Waals surface area contributed by atoms with Crippen molar-refractivity contribution in [3.05, 3.63) is 33.5 Å². The number of carboxylic acids is 1. The van der Waals surface area contributed by atoms with Gasteiger partial charge in [-0.25, -0.2) is 4.79 Å². The van der Waals surface area contributed by atoms with Crippen LogP contribution in [0.5, 0.6) is 0 Å². The van der Waals surface area contributed by atoms with Crippen LogP contribution in [0.3, 0.4) is 0 Å². The second kappa shape index (κ2) is 5.50. The Morgan fingerprint density at radius 2 is 2.37 bits per heavy atom. The molecule has 2 N–H and O–H groups in total. The minimum atomic E-state index is -0.874. The summed E-state index contributed by atoms with van der Waals surface area (Å²) < 4.78 is 1.86. The second-order valence-corrected chi connectivity index (χ2v) is 5.66. The summed E-state index contributed by atoms with van der Waals surface area (Å²) in [4.78, 5) is 12.3. The van der Waals surface area contributed by atoms with E-state index in [1.165, 1.54) is 11.3 Å². The van der Waals surface area contributed by atoms with Gasteiger partial charge >= 0.3 is 5.97 Å². The first-order chi connectivity index (χ1) is 8.99. The van der Waals surface area contributed by atoms with Crippen molar-refractivity contribution in [3.8, 4) is 0 Å². The second-order valence-electron chi connectivity index (χ2n) is 4.40. The molecular formula is C12H16N4O2S. The Morgan fingerprint density at radius 3 is 2.89 bits per heavy atom. The van der Waals surface area contributed by atoms with Crippen LogP contribution < -0.4 is 5.32 Å². The number of carbonyl (C=O) groups is 1. The van der Waals surface area contributed by atoms with E-state index in [1.807, 2.05) is 25.5 Å². The van der Waals surface area contributed by atoms with Crippen LogP contribution in [0.1, 0.15) is 38.9 Å². The normalized spacial score (nSPS) is 12.6. The van der Waals surface area contributed by atoms with Gasteiger partial charge in [0.25, 0.3) is 0 Å². The van der Waals surface area contributed by atoms with Gasteiger partial charge in [-0.1, -0.05) is 0 Å². The maximum absolute atomic E-state index is 10.9. The van der Waals surface area contributed by atoms with E-state index in [0.29, 0.717) is 11.4 Å². The van der Waals surface area contributed by atoms with Crippen LogP contribution >= 0.6 is 11.3 Å². The molecule has 0 spiro atoms. The van der Waals surface area contributed by atoms with E-state index in [0.717, 1.165) is 16.3 Å². The Bertz CT molecular complexity index is 590. The molecule has 0 amide bonds. The predicted molar refractivity (Wildman–Crippen MR) is 72.3 cm³/mol. The lowest BCUT2D eigenvalue weighted by molar-refractivity contribution is 0.0702. The highest BCUT2D eigenvalue weighted by atomic mass is 32.1. The van der Waals surface area contributed by atoms with E-state index in [2.05, 4.69) is 15.5 Å². The molecule has 2 rings (SSSR count). The zero-order valence-corrected chi connectivity index (χ0v) is 11.9. The Hall–Kier alpha value is -1.73. The molecule has 2 aromatic heterocycles. The predicted octanol–water partition coefficient (Wildman–Crippen LogP) is 1.73. The van der Waals surface area contributed by atoms with Crippen molar-refractivity contribution >= 4 is 17.3 Å². The van der Waals surface area contributed by atoms with Crippen LogP contribution in [0.25, 0.3) is 0 Å². The molecule has 0 aliphatic rings. The van der Waals surface area contributed by atoms with E-state index >= 15 is 0 Å². The third kappa shape index (κ3) is 2.99. The lowest BCUT2D eigenvalue weighted by Gasteiger charge is -2.12. The van der Waals surface area contributed by atoms with Crippen molar-refractivity contribution in [2.45, 2.75) is 26.4 Å². The highest BCUT2D eigenvalue weighted by molar-refractivity contribution is 7.14. The van der Waals surface area contributed by atoms with Crippen LogP contribution in [0, 0.1) is 6.92 Å². The van der Waals surface area contributed by atoms with E-state index in [4.69, 9.17) is 5.11 Å². The summed E-state index contributed by atoms with van der Waals surface area (Å²) in [6.07, 6.45) is 1.66. The fraction of sp³-hybridized carbons (Fsp3) is 0.417. The number of carboxylic acid groups (broad SMARTS) is 1. The summed E-state index contributed by atoms with van der Waals surface area (Å²) in [5.41, 5.74) is 1.01. The van der Waals surface area contributed by atoms with Gasteiger partial charge in [-0.3, -0.25) is 0 Å². The highest BCUT2D eigenvalue weighted by Gasteiger charge is 2.14. The van der Waals surface area contributed by atoms with E-state index in [-0.39, 0.29) is 6.04 Å². The van der Waals surface area contributed by atoms with Crippen molar-refractivity contribution in [3.63, 3.8) is 0 Å². The summed E-state index contributed by atoms with van der Waals surface area (Å²) in [5.74, 6) is -0.0213. The lowest BCUT2D eigenvalue weighted by Crippen LogP contribution is -2.21. The summed E-state index contributed by atoms with van der Waals surface area (Å²) in [6.45, 7) is 4.55. The first-order valence-corrected chi connectivity index (χ1v) is 6.70. The number of aromatic nitrogens is 3. The molecule has 0 saturated heterocycles. The van der Waals surface area contributed by atoms with Crippen LogP contribution in [-0.2, 0) is 13.6 Å². The monoisotopic (exact) mass is 280 g/mol. The van der Waals surface area contributed by atoms with Crippen molar-refractivity contribution < 1.29 is 9.90 Å². The van der Waals surface area contributed by atoms with Gasteiger partial charge in [-0.2, -0.15) is 0 Å². The van der Waals surface area contributed by atoms with Crippen molar-refractivity contribution in [2.24, 2.45) is 7.05 Å². The molecule has 0 radical (unpaired) electrons. The average Bonchev–Trinajstić information content (AvgIpc) is 2.93. The molecule has 102 valence electrons. The zero-order chi connectivity index (χ0) is 14.0. The Kier molecular flexibility index (Phi) is 3.96. The molecule has 1 unspecified atom stereocenters. The number of aromatic carboxylic acids is 1. The van der Waals surface area contributed by atoms with Crippen molar-refractivity contribution in [2.75, 3.05) is 0 Å². The summed E-state index contributed by atoms with van der Waals surface area (Å²) >= 11 is 1.30. The number of rotatable bonds is 5. The number of hydrogen-bond donors (Lipinski definition) is 2. The van der Waals surface area contributed by atoms with Crippen LogP contribution in [0.15, 0.2) is 12.4 Å². The smallest absolute Gasteiger partial charge is 0.345 e. The standard InChI is InChI=1S/C12H16N4O2S/c1-7(11-15-14-6-16(11)3)13-5-9-4-10(12(17)18)19-8(9)2/h4,6-7,13H,5H2,1-3H3,(H,17,18). The molecule has 2 aromatic rings. The van der Waals surface area contributed by atoms with Gasteiger partial charge in [0.2, 0.25) is 0 Å². The molecule has 7 heteroatoms. The van der Waals surface area contributed by atoms with E-state index < -0.39 is 5.97 Å². The fourth-order valence-electron chi connectivity index (χ4n) is 1.84. The Labute approximate surface area is 115 Å². The molecule has 1 atom stereocenters. The van der Waals surface area contributed by atoms with Crippen molar-refractivity contribution in [1.29, 1.82) is 0 Å². The number of nitrogens with zero attached hydrogens (tertiary/aromatic N) is 3. The molecule has 0 saturated carbocycles. The summed E-state index contributed by atoms with van der Waals surface area (Å²) in [6, 6.07) is 1.78. The van der Waals surface area contributed by atoms with Gasteiger partial charge in [0.15, 0.2) is 0 Å². The van der Waals surface area contributed by atoms with Crippen molar-refractivity contribution in [1.82, 2.24) is 20.1 Å². The summed E-state index contributed by atoms with van der Waals surface area (Å²) in [5, 5.41) is 20.2. The molecule has 0 fully saturated rings. The van der Waals surface area contributed by atoms with Gasteiger partial charge in [0, 0.05) is 18.5 Å². The van der Waals surface area contributed by atoms with Gasteiger partial charge in [0.1, 0.15) is 17.0 Å². The maximum Gasteiger partial charge on any atom is 0.345 e. The summed E-state index contributed by atoms with van der Waals surface area (Å²) in [7, 11) is 1.89. The molecule has 19 heavy (non-hydrogen) atoms. The lowest BCUT2D eigenvalue weighted by atomic mass is 10.2. The van der Waals surface area contributed by atoms with Gasteiger partial charge < -0.3 is 15.0 Å². The molecule has 2 heterocycles. The topological polar surface area (TPSA) is 80.0 Å². The average molecular weight is 280 g/mol. The van der Waals surface area contributed by atoms with E-state index in [9.17, 15) is 4.79 Å². The molecule has 6 nitrogen and oxygen atoms in total. The maximum atomic E-state index is 10.9. The molecule has 0 aliphatic heterocycles. The van der Waals surface area contributed by atoms with Gasteiger partial charge in [-0.05, 0) is 25.5 Å². The van der Waals surface area contributed by atoms with Crippen LogP contribution in [0.4, 0.5) is 0 Å². The Morgan fingerprint density at radius 1 is 1.63 bits per heavy atom. The zero-order valence-electron chi connectivity index (χ0n) is 11.0. The van der Waals surface area contributed by atoms with Crippen LogP contribution in [0.2, 0.25) is 0 Å². The minimum Gasteiger partial charge on any atom is -0.477 e. The van der Waals surface area contributed by atoms with Gasteiger partial charge in [-0.15, -0.1) is 21.5 Å². The highest BCUT2D eigenvalue weighted by Crippen LogP contribution is 2.22. The molecule has 0 bridgehead atoms. The third-order valence-corrected chi connectivity index (χ3v) is 4.04. The molecule has 0 aromatic carbocycles. The van der Waals surface area contributed by atoms with Gasteiger partial charge in [0.05, 0.1) is 6.04 Å². The van der Waals surface area contributed by atoms with E-state index in [1.54, 1.807) is 12.4 Å². The third-order valence-electron chi connectivity index (χ3n) is 2.96. The Balaban J connectivity index is 2.03. The number of hydrogen-bond acceptors (Lipinski definition) is 5. The number of aryl methyl sites for hydroxylation is 2. The number of thiophene rings is 1. The quantitative estimate of drug-likeness (QED) is 0.872. The SMILES string of the molecule is Cc1sc(C(=O)O)cc1CNC(C)c1nncn1C. The van der Waals surface area contributed by atoms with Crippen LogP contribution in [-0.4, -0.2) is 25.8 Å². The molecular weight excluding hydrogens is 264 g/mol. The first kappa shape index (κ1) is 13.7. The minimum absolute atomic E-state index is 0.0556. The number of nitrogens with one attached hydrogen (secondary N) is 1. The fourth-order valence-corrected chi connectivity index (χ4v) is 2.72.